The average Bonchev–Trinajstić information content (AvgIpc) is 3.70. The van der Waals surface area contributed by atoms with E-state index in [2.05, 4.69) is 6.07 Å². The van der Waals surface area contributed by atoms with Crippen molar-refractivity contribution in [3.8, 4) is 17.6 Å². The summed E-state index contributed by atoms with van der Waals surface area (Å²) in [5.41, 5.74) is 0.175. The van der Waals surface area contributed by atoms with Crippen LogP contribution in [0.15, 0.2) is 115 Å². The number of fused-ring (bicyclic) bond motifs is 1. The Labute approximate surface area is 392 Å². The summed E-state index contributed by atoms with van der Waals surface area (Å²) in [6.45, 7) is 7.63. The topological polar surface area (TPSA) is 123 Å². The fraction of sp³-hybridized carbons (Fsp3) is 0.380. The van der Waals surface area contributed by atoms with Crippen LogP contribution in [0.25, 0.3) is 10.8 Å². The molecule has 1 saturated carbocycles. The highest BCUT2D eigenvalue weighted by atomic mass is 31.2. The molecular formula is C50H53F6N4O7P. The first-order chi connectivity index (χ1) is 32.3. The minimum atomic E-state index is -5.40. The van der Waals surface area contributed by atoms with Crippen LogP contribution in [0.5, 0.6) is 11.5 Å². The van der Waals surface area contributed by atoms with Crippen LogP contribution >= 0.6 is 8.53 Å². The maximum atomic E-state index is 15.0. The van der Waals surface area contributed by atoms with Crippen LogP contribution in [0.4, 0.5) is 37.7 Å². The standard InChI is InChI=1S/C50H53F6N4O7P/c1-32(2)60(33(3)4)68(66-28-12-27-57)67-45-30-38(59(47(62)50(54,55)56)44-18-11-15-41-42(44)16-10-17-43(41)58-46(61)49(51,52)53)29-34(45)31-65-48(35-13-8-7-9-14-35,36-19-23-39(63-5)24-20-36)37-21-25-40(64-6)26-22-37/h7-11,13-26,32-34,38,45H,12,28-31H2,1-6H3,(H,58,61)/t34-,38-,45+,68?/m1/s1. The first-order valence-electron chi connectivity index (χ1n) is 21.9. The van der Waals surface area contributed by atoms with Crippen molar-refractivity contribution < 1.29 is 59.2 Å². The van der Waals surface area contributed by atoms with Gasteiger partial charge in [0.15, 0.2) is 0 Å². The van der Waals surface area contributed by atoms with Gasteiger partial charge in [-0.15, -0.1) is 0 Å². The van der Waals surface area contributed by atoms with E-state index in [1.54, 1.807) is 38.5 Å². The number of halogens is 6. The highest BCUT2D eigenvalue weighted by molar-refractivity contribution is 7.44. The number of carbonyl (C=O) groups excluding carboxylic acids is 2. The van der Waals surface area contributed by atoms with E-state index in [-0.39, 0.29) is 66.7 Å². The van der Waals surface area contributed by atoms with Gasteiger partial charge in [-0.25, -0.2) is 4.67 Å². The third kappa shape index (κ3) is 11.6. The van der Waals surface area contributed by atoms with Gasteiger partial charge in [0.1, 0.15) is 17.1 Å². The molecule has 1 aliphatic carbocycles. The van der Waals surface area contributed by atoms with Crippen LogP contribution in [0, 0.1) is 17.2 Å². The summed E-state index contributed by atoms with van der Waals surface area (Å²) in [5, 5.41) is 11.2. The van der Waals surface area contributed by atoms with Gasteiger partial charge >= 0.3 is 24.2 Å². The Morgan fingerprint density at radius 1 is 0.735 bits per heavy atom. The van der Waals surface area contributed by atoms with E-state index < -0.39 is 56.4 Å². The summed E-state index contributed by atoms with van der Waals surface area (Å²) in [6, 6.07) is 32.4. The Hall–Kier alpha value is -5.76. The fourth-order valence-corrected chi connectivity index (χ4v) is 10.5. The van der Waals surface area contributed by atoms with Gasteiger partial charge in [0.2, 0.25) is 0 Å². The first kappa shape index (κ1) is 51.6. The molecule has 6 rings (SSSR count). The van der Waals surface area contributed by atoms with Crippen LogP contribution in [0.1, 0.15) is 63.6 Å². The van der Waals surface area contributed by atoms with E-state index in [9.17, 15) is 41.2 Å². The molecule has 0 radical (unpaired) electrons. The summed E-state index contributed by atoms with van der Waals surface area (Å²) in [7, 11) is 1.12. The number of hydrogen-bond donors (Lipinski definition) is 1. The van der Waals surface area contributed by atoms with E-state index >= 15 is 0 Å². The predicted molar refractivity (Wildman–Crippen MR) is 247 cm³/mol. The van der Waals surface area contributed by atoms with E-state index in [0.717, 1.165) is 0 Å². The number of amides is 2. The molecule has 68 heavy (non-hydrogen) atoms. The lowest BCUT2D eigenvalue weighted by molar-refractivity contribution is -0.171. The van der Waals surface area contributed by atoms with Crippen LogP contribution in [0.2, 0.25) is 0 Å². The van der Waals surface area contributed by atoms with Crippen molar-refractivity contribution in [2.24, 2.45) is 5.92 Å². The molecule has 0 spiro atoms. The van der Waals surface area contributed by atoms with Crippen molar-refractivity contribution in [1.82, 2.24) is 4.67 Å². The van der Waals surface area contributed by atoms with Gasteiger partial charge in [-0.3, -0.25) is 9.59 Å². The Balaban J connectivity index is 1.52. The number of alkyl halides is 6. The second-order valence-electron chi connectivity index (χ2n) is 16.7. The third-order valence-electron chi connectivity index (χ3n) is 11.7. The molecule has 1 unspecified atom stereocenters. The number of methoxy groups -OCH3 is 2. The molecule has 362 valence electrons. The second kappa shape index (κ2) is 22.1. The monoisotopic (exact) mass is 966 g/mol. The molecule has 0 bridgehead atoms. The quantitative estimate of drug-likeness (QED) is 0.0373. The smallest absolute Gasteiger partial charge is 0.471 e. The van der Waals surface area contributed by atoms with Gasteiger partial charge in [-0.2, -0.15) is 31.6 Å². The summed E-state index contributed by atoms with van der Waals surface area (Å²) in [6.07, 6.45) is -11.8. The van der Waals surface area contributed by atoms with Crippen LogP contribution in [0.3, 0.4) is 0 Å². The van der Waals surface area contributed by atoms with Gasteiger partial charge in [0, 0.05) is 40.5 Å². The molecule has 18 heteroatoms. The molecule has 0 aromatic heterocycles. The highest BCUT2D eigenvalue weighted by Crippen LogP contribution is 2.52. The molecule has 4 atom stereocenters. The summed E-state index contributed by atoms with van der Waals surface area (Å²) in [4.78, 5) is 26.6. The van der Waals surface area contributed by atoms with E-state index in [1.165, 1.54) is 36.4 Å². The zero-order valence-electron chi connectivity index (χ0n) is 38.3. The van der Waals surface area contributed by atoms with Crippen LogP contribution in [-0.4, -0.2) is 80.5 Å². The minimum Gasteiger partial charge on any atom is -0.497 e. The molecule has 1 aliphatic rings. The largest absolute Gasteiger partial charge is 0.497 e. The number of nitrogens with zero attached hydrogens (tertiary/aromatic N) is 3. The van der Waals surface area contributed by atoms with Crippen molar-refractivity contribution in [2.45, 2.75) is 89.1 Å². The lowest BCUT2D eigenvalue weighted by atomic mass is 9.79. The second-order valence-corrected chi connectivity index (χ2v) is 18.1. The molecule has 0 aliphatic heterocycles. The van der Waals surface area contributed by atoms with E-state index in [4.69, 9.17) is 23.3 Å². The number of rotatable bonds is 19. The average molecular weight is 967 g/mol. The molecular weight excluding hydrogens is 914 g/mol. The maximum Gasteiger partial charge on any atom is 0.471 e. The molecule has 0 heterocycles. The number of nitriles is 1. The van der Waals surface area contributed by atoms with Gasteiger partial charge in [0.25, 0.3) is 8.53 Å². The van der Waals surface area contributed by atoms with Gasteiger partial charge in [-0.05, 0) is 93.6 Å². The molecule has 5 aromatic carbocycles. The molecule has 5 aromatic rings. The number of benzene rings is 5. The molecule has 11 nitrogen and oxygen atoms in total. The molecule has 1 fully saturated rings. The lowest BCUT2D eigenvalue weighted by Gasteiger charge is -2.39. The zero-order chi connectivity index (χ0) is 49.4. The van der Waals surface area contributed by atoms with Crippen molar-refractivity contribution >= 4 is 42.5 Å². The molecule has 1 N–H and O–H groups in total. The lowest BCUT2D eigenvalue weighted by Crippen LogP contribution is -2.47. The van der Waals surface area contributed by atoms with Crippen molar-refractivity contribution in [2.75, 3.05) is 37.7 Å². The minimum absolute atomic E-state index is 0.00339. The summed E-state index contributed by atoms with van der Waals surface area (Å²) < 4.78 is 119. The zero-order valence-corrected chi connectivity index (χ0v) is 39.2. The Kier molecular flexibility index (Phi) is 16.8. The fourth-order valence-electron chi connectivity index (χ4n) is 8.70. The van der Waals surface area contributed by atoms with Gasteiger partial charge < -0.3 is 33.5 Å². The number of hydrogen-bond acceptors (Lipinski definition) is 9. The first-order valence-corrected chi connectivity index (χ1v) is 23.0. The highest BCUT2D eigenvalue weighted by Gasteiger charge is 2.51. The van der Waals surface area contributed by atoms with Crippen LogP contribution in [-0.2, 0) is 29.0 Å². The SMILES string of the molecule is COc1ccc(C(OC[C@H]2C[C@@H](N(C(=O)C(F)(F)F)c3cccc4c(NC(=O)C(F)(F)F)cccc34)C[C@@H]2OP(OCCC#N)N(C(C)C)C(C)C)(c2ccccc2)c2ccc(OC)cc2)cc1. The third-order valence-corrected chi connectivity index (χ3v) is 13.8. The van der Waals surface area contributed by atoms with E-state index in [0.29, 0.717) is 33.1 Å². The molecule has 2 amide bonds. The Bertz CT molecular complexity index is 2470. The Morgan fingerprint density at radius 2 is 1.29 bits per heavy atom. The van der Waals surface area contributed by atoms with Gasteiger partial charge in [0.05, 0.1) is 51.7 Å². The summed E-state index contributed by atoms with van der Waals surface area (Å²) >= 11 is 0. The van der Waals surface area contributed by atoms with Crippen LogP contribution < -0.4 is 19.7 Å². The number of anilines is 2. The predicted octanol–water partition coefficient (Wildman–Crippen LogP) is 11.7. The summed E-state index contributed by atoms with van der Waals surface area (Å²) in [5.74, 6) is -4.06. The Morgan fingerprint density at radius 3 is 1.82 bits per heavy atom. The number of ether oxygens (including phenoxy) is 3. The number of carbonyl (C=O) groups is 2. The van der Waals surface area contributed by atoms with Crippen molar-refractivity contribution in [3.63, 3.8) is 0 Å². The maximum absolute atomic E-state index is 15.0. The molecule has 0 saturated heterocycles. The van der Waals surface area contributed by atoms with Crippen molar-refractivity contribution in [1.29, 1.82) is 5.26 Å². The van der Waals surface area contributed by atoms with Crippen molar-refractivity contribution in [3.05, 3.63) is 132 Å². The normalized spacial score (nSPS) is 17.1. The van der Waals surface area contributed by atoms with Gasteiger partial charge in [-0.1, -0.05) is 78.9 Å². The van der Waals surface area contributed by atoms with E-state index in [1.807, 2.05) is 92.3 Å². The number of nitrogens with one attached hydrogen (secondary N) is 1.